The maximum atomic E-state index is 12.1. The molecule has 1 aliphatic rings. The summed E-state index contributed by atoms with van der Waals surface area (Å²) in [5.41, 5.74) is 4.84. The van der Waals surface area contributed by atoms with Crippen molar-refractivity contribution >= 4 is 12.1 Å². The first kappa shape index (κ1) is 19.1. The van der Waals surface area contributed by atoms with Crippen LogP contribution < -0.4 is 20.0 Å². The van der Waals surface area contributed by atoms with Crippen molar-refractivity contribution in [2.45, 2.75) is 6.54 Å². The highest BCUT2D eigenvalue weighted by molar-refractivity contribution is 5.85. The molecule has 6 nitrogen and oxygen atoms in total. The summed E-state index contributed by atoms with van der Waals surface area (Å²) in [5.74, 6) is 0.682. The molecule has 0 aromatic heterocycles. The third-order valence-corrected chi connectivity index (χ3v) is 4.90. The highest BCUT2D eigenvalue weighted by Crippen LogP contribution is 2.14. The van der Waals surface area contributed by atoms with Crippen molar-refractivity contribution in [3.05, 3.63) is 65.7 Å². The SMILES string of the molecule is COc1ccccc1C=NNC(=O)C[NH+]1CC[NH+](Cc2ccccc2)CC1. The average Bonchev–Trinajstić information content (AvgIpc) is 2.71. The van der Waals surface area contributed by atoms with Crippen molar-refractivity contribution < 1.29 is 19.3 Å². The highest BCUT2D eigenvalue weighted by atomic mass is 16.5. The van der Waals surface area contributed by atoms with Crippen LogP contribution in [0.15, 0.2) is 59.7 Å². The van der Waals surface area contributed by atoms with E-state index in [2.05, 4.69) is 40.9 Å². The first-order chi connectivity index (χ1) is 13.2. The Balaban J connectivity index is 1.40. The van der Waals surface area contributed by atoms with E-state index in [4.69, 9.17) is 4.74 Å². The quantitative estimate of drug-likeness (QED) is 0.440. The van der Waals surface area contributed by atoms with Crippen LogP contribution in [0.25, 0.3) is 0 Å². The van der Waals surface area contributed by atoms with Gasteiger partial charge in [-0.05, 0) is 12.1 Å². The van der Waals surface area contributed by atoms with Gasteiger partial charge in [-0.2, -0.15) is 5.10 Å². The first-order valence-corrected chi connectivity index (χ1v) is 9.40. The van der Waals surface area contributed by atoms with Crippen LogP contribution in [-0.2, 0) is 11.3 Å². The normalized spacial score (nSPS) is 19.7. The van der Waals surface area contributed by atoms with Crippen molar-refractivity contribution in [1.29, 1.82) is 0 Å². The summed E-state index contributed by atoms with van der Waals surface area (Å²) in [6.45, 7) is 5.70. The summed E-state index contributed by atoms with van der Waals surface area (Å²) in [7, 11) is 1.62. The zero-order valence-corrected chi connectivity index (χ0v) is 15.8. The maximum absolute atomic E-state index is 12.1. The summed E-state index contributed by atoms with van der Waals surface area (Å²) in [5, 5.41) is 4.06. The van der Waals surface area contributed by atoms with Crippen molar-refractivity contribution in [1.82, 2.24) is 5.43 Å². The topological polar surface area (TPSA) is 59.6 Å². The monoisotopic (exact) mass is 368 g/mol. The Morgan fingerprint density at radius 1 is 1.04 bits per heavy atom. The van der Waals surface area contributed by atoms with E-state index in [0.717, 1.165) is 44.0 Å². The number of ether oxygens (including phenoxy) is 1. The van der Waals surface area contributed by atoms with E-state index in [0.29, 0.717) is 6.54 Å². The van der Waals surface area contributed by atoms with Crippen LogP contribution in [0, 0.1) is 0 Å². The number of benzene rings is 2. The third kappa shape index (κ3) is 5.91. The number of hydrogen-bond acceptors (Lipinski definition) is 3. The molecule has 3 N–H and O–H groups in total. The molecule has 3 rings (SSSR count). The fourth-order valence-electron chi connectivity index (χ4n) is 3.41. The summed E-state index contributed by atoms with van der Waals surface area (Å²) in [6, 6.07) is 18.2. The Morgan fingerprint density at radius 2 is 1.70 bits per heavy atom. The fraction of sp³-hybridized carbons (Fsp3) is 0.333. The Bertz CT molecular complexity index is 756. The zero-order chi connectivity index (χ0) is 18.9. The predicted molar refractivity (Wildman–Crippen MR) is 105 cm³/mol. The second kappa shape index (κ2) is 9.85. The molecule has 142 valence electrons. The number of nitrogens with zero attached hydrogens (tertiary/aromatic N) is 1. The molecule has 0 aliphatic carbocycles. The van der Waals surface area contributed by atoms with Gasteiger partial charge in [0.25, 0.3) is 5.91 Å². The second-order valence-corrected chi connectivity index (χ2v) is 6.87. The smallest absolute Gasteiger partial charge is 0.295 e. The number of nitrogens with one attached hydrogen (secondary N) is 3. The minimum Gasteiger partial charge on any atom is -0.496 e. The van der Waals surface area contributed by atoms with Gasteiger partial charge in [0.2, 0.25) is 0 Å². The zero-order valence-electron chi connectivity index (χ0n) is 15.8. The molecule has 0 spiro atoms. The number of piperazine rings is 1. The molecule has 0 atom stereocenters. The van der Waals surface area contributed by atoms with Gasteiger partial charge in [0.1, 0.15) is 38.5 Å². The molecule has 0 radical (unpaired) electrons. The average molecular weight is 368 g/mol. The maximum Gasteiger partial charge on any atom is 0.295 e. The molecule has 2 aromatic carbocycles. The van der Waals surface area contributed by atoms with E-state index in [1.54, 1.807) is 18.2 Å². The lowest BCUT2D eigenvalue weighted by atomic mass is 10.2. The van der Waals surface area contributed by atoms with Gasteiger partial charge in [0.05, 0.1) is 13.3 Å². The van der Waals surface area contributed by atoms with Gasteiger partial charge < -0.3 is 14.5 Å². The summed E-state index contributed by atoms with van der Waals surface area (Å²) < 4.78 is 5.27. The summed E-state index contributed by atoms with van der Waals surface area (Å²) in [6.07, 6.45) is 1.62. The van der Waals surface area contributed by atoms with Gasteiger partial charge in [-0.3, -0.25) is 4.79 Å². The molecule has 1 saturated heterocycles. The molecule has 1 fully saturated rings. The van der Waals surface area contributed by atoms with Crippen LogP contribution in [0.2, 0.25) is 0 Å². The second-order valence-electron chi connectivity index (χ2n) is 6.87. The number of quaternary nitrogens is 2. The Kier molecular flexibility index (Phi) is 6.96. The van der Waals surface area contributed by atoms with E-state index >= 15 is 0 Å². The lowest BCUT2D eigenvalue weighted by molar-refractivity contribution is -1.02. The Hall–Kier alpha value is -2.70. The van der Waals surface area contributed by atoms with Crippen LogP contribution >= 0.6 is 0 Å². The van der Waals surface area contributed by atoms with Crippen molar-refractivity contribution in [2.24, 2.45) is 5.10 Å². The highest BCUT2D eigenvalue weighted by Gasteiger charge is 2.24. The number of hydrogen-bond donors (Lipinski definition) is 3. The minimum absolute atomic E-state index is 0.0531. The van der Waals surface area contributed by atoms with Gasteiger partial charge in [-0.25, -0.2) is 5.43 Å². The molecule has 2 aromatic rings. The lowest BCUT2D eigenvalue weighted by Gasteiger charge is -2.29. The van der Waals surface area contributed by atoms with Crippen LogP contribution in [0.4, 0.5) is 0 Å². The molecular formula is C21H28N4O2+2. The molecule has 1 amide bonds. The van der Waals surface area contributed by atoms with Crippen LogP contribution in [0.5, 0.6) is 5.75 Å². The summed E-state index contributed by atoms with van der Waals surface area (Å²) >= 11 is 0. The number of hydrazone groups is 1. The number of rotatable bonds is 7. The Labute approximate surface area is 160 Å². The number of amides is 1. The van der Waals surface area contributed by atoms with Gasteiger partial charge >= 0.3 is 0 Å². The van der Waals surface area contributed by atoms with E-state index < -0.39 is 0 Å². The van der Waals surface area contributed by atoms with Crippen LogP contribution in [0.1, 0.15) is 11.1 Å². The molecule has 6 heteroatoms. The molecule has 0 unspecified atom stereocenters. The van der Waals surface area contributed by atoms with Crippen molar-refractivity contribution in [2.75, 3.05) is 39.8 Å². The van der Waals surface area contributed by atoms with Gasteiger partial charge in [-0.1, -0.05) is 42.5 Å². The molecule has 1 heterocycles. The van der Waals surface area contributed by atoms with Crippen LogP contribution in [-0.4, -0.2) is 52.0 Å². The number of carbonyl (C=O) groups excluding carboxylic acids is 1. The van der Waals surface area contributed by atoms with Crippen LogP contribution in [0.3, 0.4) is 0 Å². The number of carbonyl (C=O) groups is 1. The first-order valence-electron chi connectivity index (χ1n) is 9.40. The molecule has 0 saturated carbocycles. The largest absolute Gasteiger partial charge is 0.496 e. The number of para-hydroxylation sites is 1. The van der Waals surface area contributed by atoms with E-state index in [9.17, 15) is 4.79 Å². The third-order valence-electron chi connectivity index (χ3n) is 4.90. The molecular weight excluding hydrogens is 340 g/mol. The summed E-state index contributed by atoms with van der Waals surface area (Å²) in [4.78, 5) is 15.0. The fourth-order valence-corrected chi connectivity index (χ4v) is 3.41. The van der Waals surface area contributed by atoms with Crippen molar-refractivity contribution in [3.63, 3.8) is 0 Å². The van der Waals surface area contributed by atoms with Crippen molar-refractivity contribution in [3.8, 4) is 5.75 Å². The van der Waals surface area contributed by atoms with Gasteiger partial charge in [0.15, 0.2) is 6.54 Å². The molecule has 27 heavy (non-hydrogen) atoms. The molecule has 1 aliphatic heterocycles. The van der Waals surface area contributed by atoms with E-state index in [-0.39, 0.29) is 5.91 Å². The van der Waals surface area contributed by atoms with E-state index in [1.807, 2.05) is 24.3 Å². The van der Waals surface area contributed by atoms with E-state index in [1.165, 1.54) is 10.5 Å². The standard InChI is InChI=1S/C21H26N4O2/c1-27-20-10-6-5-9-19(20)15-22-23-21(26)17-25-13-11-24(12-14-25)16-18-7-3-2-4-8-18/h2-10,15H,11-14,16-17H2,1H3,(H,23,26)/p+2. The van der Waals surface area contributed by atoms with Gasteiger partial charge in [0, 0.05) is 11.1 Å². The lowest BCUT2D eigenvalue weighted by Crippen LogP contribution is -3.28. The number of methoxy groups -OCH3 is 1. The molecule has 0 bridgehead atoms. The minimum atomic E-state index is -0.0531. The van der Waals surface area contributed by atoms with Gasteiger partial charge in [-0.15, -0.1) is 0 Å². The predicted octanol–water partition coefficient (Wildman–Crippen LogP) is -0.871. The Morgan fingerprint density at radius 3 is 2.44 bits per heavy atom.